The summed E-state index contributed by atoms with van der Waals surface area (Å²) in [7, 11) is 3.59. The van der Waals surface area contributed by atoms with Crippen LogP contribution in [0.15, 0.2) is 12.2 Å². The van der Waals surface area contributed by atoms with Gasteiger partial charge in [-0.05, 0) is 32.1 Å². The van der Waals surface area contributed by atoms with Gasteiger partial charge in [0.05, 0.1) is 21.1 Å². The molecule has 0 bridgehead atoms. The van der Waals surface area contributed by atoms with Crippen LogP contribution in [0.25, 0.3) is 0 Å². The second kappa shape index (κ2) is 20.2. The molecule has 2 unspecified atom stereocenters. The van der Waals surface area contributed by atoms with Crippen LogP contribution in [0.2, 0.25) is 0 Å². The maximum Gasteiger partial charge on any atom is 0.376 e. The van der Waals surface area contributed by atoms with E-state index in [9.17, 15) is 9.46 Å². The molecule has 0 heterocycles. The van der Waals surface area contributed by atoms with E-state index in [1.165, 1.54) is 96.3 Å². The van der Waals surface area contributed by atoms with Crippen LogP contribution in [0, 0.1) is 0 Å². The van der Waals surface area contributed by atoms with Crippen LogP contribution in [0.4, 0.5) is 0 Å². The van der Waals surface area contributed by atoms with Gasteiger partial charge in [0.2, 0.25) is 0 Å². The highest BCUT2D eigenvalue weighted by atomic mass is 31.1. The molecule has 0 radical (unpaired) electrons. The molecule has 0 N–H and O–H groups in total. The van der Waals surface area contributed by atoms with Crippen LogP contribution >= 0.6 is 8.03 Å². The van der Waals surface area contributed by atoms with Gasteiger partial charge in [0, 0.05) is 12.8 Å². The molecule has 0 amide bonds. The Labute approximate surface area is 202 Å². The van der Waals surface area contributed by atoms with Gasteiger partial charge < -0.3 is 4.89 Å². The molecule has 0 saturated carbocycles. The van der Waals surface area contributed by atoms with E-state index in [0.717, 1.165) is 25.7 Å². The third kappa shape index (κ3) is 14.8. The number of unbranched alkanes of at least 4 members (excludes halogenated alkanes) is 16. The molecule has 0 aromatic heterocycles. The summed E-state index contributed by atoms with van der Waals surface area (Å²) in [5.41, 5.74) is 0. The van der Waals surface area contributed by atoms with Crippen LogP contribution in [0.1, 0.15) is 142 Å². The summed E-state index contributed by atoms with van der Waals surface area (Å²) >= 11 is 0. The minimum absolute atomic E-state index is 0.497. The summed E-state index contributed by atoms with van der Waals surface area (Å²) in [6.45, 7) is 4.29. The Morgan fingerprint density at radius 1 is 0.656 bits per heavy atom. The Morgan fingerprint density at radius 2 is 1.03 bits per heavy atom. The van der Waals surface area contributed by atoms with Crippen LogP contribution in [0.5, 0.6) is 0 Å². The Morgan fingerprint density at radius 3 is 1.38 bits per heavy atom. The standard InChI is InChI=1S/C28H57NO2P/c1-6-8-9-10-11-12-13-14-15-16-17-18-19-20-21-22-23-24-25-26-27-28(7-2,32(30)31)29(3,4)5/h22-23H,6-21,24-27H2,1-5H3/q+1. The lowest BCUT2D eigenvalue weighted by Crippen LogP contribution is -2.55. The fourth-order valence-electron chi connectivity index (χ4n) is 4.81. The third-order valence-corrected chi connectivity index (χ3v) is 9.06. The molecule has 0 aromatic rings. The average Bonchev–Trinajstić information content (AvgIpc) is 2.74. The normalized spacial score (nSPS) is 14.8. The maximum absolute atomic E-state index is 11.9. The van der Waals surface area contributed by atoms with Gasteiger partial charge in [-0.3, -0.25) is 4.48 Å². The lowest BCUT2D eigenvalue weighted by molar-refractivity contribution is -0.910. The van der Waals surface area contributed by atoms with Crippen molar-refractivity contribution in [3.8, 4) is 0 Å². The first-order valence-corrected chi connectivity index (χ1v) is 15.1. The summed E-state index contributed by atoms with van der Waals surface area (Å²) in [4.78, 5) is 11.9. The lowest BCUT2D eigenvalue weighted by atomic mass is 10.0. The number of hydrogen-bond acceptors (Lipinski definition) is 2. The monoisotopic (exact) mass is 470 g/mol. The highest BCUT2D eigenvalue weighted by molar-refractivity contribution is 7.38. The molecule has 0 rings (SSSR count). The van der Waals surface area contributed by atoms with E-state index in [1.54, 1.807) is 0 Å². The summed E-state index contributed by atoms with van der Waals surface area (Å²) < 4.78 is 12.4. The molecular weight excluding hydrogens is 413 g/mol. The SMILES string of the molecule is CCCCCCCCCCCCCCCCC=CCCCCC(CC)([P+](=O)[O-])[N+](C)(C)C. The van der Waals surface area contributed by atoms with Gasteiger partial charge in [-0.15, -0.1) is 0 Å². The Hall–Kier alpha value is -0.240. The molecule has 32 heavy (non-hydrogen) atoms. The van der Waals surface area contributed by atoms with Gasteiger partial charge in [0.15, 0.2) is 0 Å². The van der Waals surface area contributed by atoms with E-state index in [1.807, 2.05) is 28.1 Å². The second-order valence-electron chi connectivity index (χ2n) is 10.7. The molecule has 0 aromatic carbocycles. The second-order valence-corrected chi connectivity index (χ2v) is 12.1. The summed E-state index contributed by atoms with van der Waals surface area (Å²) in [6, 6.07) is 0. The Kier molecular flexibility index (Phi) is 20.0. The fraction of sp³-hybridized carbons (Fsp3) is 0.929. The quantitative estimate of drug-likeness (QED) is 0.0647. The molecule has 4 heteroatoms. The molecule has 3 nitrogen and oxygen atoms in total. The van der Waals surface area contributed by atoms with Gasteiger partial charge >= 0.3 is 8.03 Å². The lowest BCUT2D eigenvalue weighted by Gasteiger charge is -2.39. The number of quaternary nitrogens is 1. The predicted molar refractivity (Wildman–Crippen MR) is 141 cm³/mol. The van der Waals surface area contributed by atoms with E-state index in [-0.39, 0.29) is 0 Å². The van der Waals surface area contributed by atoms with E-state index in [0.29, 0.717) is 10.9 Å². The van der Waals surface area contributed by atoms with Gasteiger partial charge in [0.1, 0.15) is 0 Å². The number of allylic oxidation sites excluding steroid dienone is 2. The molecule has 0 spiro atoms. The molecule has 190 valence electrons. The highest BCUT2D eigenvalue weighted by Crippen LogP contribution is 2.44. The van der Waals surface area contributed by atoms with Crippen molar-refractivity contribution in [2.45, 2.75) is 148 Å². The van der Waals surface area contributed by atoms with Gasteiger partial charge in [0.25, 0.3) is 5.28 Å². The van der Waals surface area contributed by atoms with Crippen LogP contribution in [-0.2, 0) is 4.57 Å². The average molecular weight is 471 g/mol. The molecule has 2 atom stereocenters. The molecule has 0 aliphatic rings. The molecule has 0 saturated heterocycles. The van der Waals surface area contributed by atoms with Crippen molar-refractivity contribution in [1.29, 1.82) is 0 Å². The largest absolute Gasteiger partial charge is 0.590 e. The predicted octanol–water partition coefficient (Wildman–Crippen LogP) is 8.89. The van der Waals surface area contributed by atoms with Gasteiger partial charge in [-0.25, -0.2) is 0 Å². The first kappa shape index (κ1) is 31.8. The smallest absolute Gasteiger partial charge is 0.376 e. The molecule has 0 aliphatic carbocycles. The van der Waals surface area contributed by atoms with Crippen molar-refractivity contribution in [2.75, 3.05) is 21.1 Å². The Balaban J connectivity index is 3.54. The zero-order valence-electron chi connectivity index (χ0n) is 22.5. The highest BCUT2D eigenvalue weighted by Gasteiger charge is 2.52. The number of nitrogens with zero attached hydrogens (tertiary/aromatic N) is 1. The van der Waals surface area contributed by atoms with E-state index < -0.39 is 13.3 Å². The van der Waals surface area contributed by atoms with Gasteiger partial charge in [-0.1, -0.05) is 114 Å². The topological polar surface area (TPSA) is 40.1 Å². The maximum atomic E-state index is 11.9. The molecule has 0 fully saturated rings. The van der Waals surface area contributed by atoms with Crippen molar-refractivity contribution in [3.05, 3.63) is 12.2 Å². The van der Waals surface area contributed by atoms with Crippen molar-refractivity contribution < 1.29 is 13.9 Å². The Bertz CT molecular complexity index is 473. The third-order valence-electron chi connectivity index (χ3n) is 7.24. The van der Waals surface area contributed by atoms with Gasteiger partial charge in [-0.2, -0.15) is 0 Å². The first-order valence-electron chi connectivity index (χ1n) is 13.9. The summed E-state index contributed by atoms with van der Waals surface area (Å²) in [5.74, 6) is 0. The van der Waals surface area contributed by atoms with Crippen LogP contribution < -0.4 is 4.89 Å². The zero-order valence-corrected chi connectivity index (χ0v) is 23.4. The van der Waals surface area contributed by atoms with Crippen molar-refractivity contribution in [2.24, 2.45) is 0 Å². The minimum atomic E-state index is -2.43. The first-order chi connectivity index (χ1) is 15.3. The molecule has 0 aliphatic heterocycles. The summed E-state index contributed by atoms with van der Waals surface area (Å²) in [6.07, 6.45) is 30.2. The minimum Gasteiger partial charge on any atom is -0.590 e. The van der Waals surface area contributed by atoms with Crippen molar-refractivity contribution in [3.63, 3.8) is 0 Å². The van der Waals surface area contributed by atoms with Crippen molar-refractivity contribution in [1.82, 2.24) is 0 Å². The van der Waals surface area contributed by atoms with Crippen molar-refractivity contribution >= 4 is 8.03 Å². The van der Waals surface area contributed by atoms with Crippen LogP contribution in [0.3, 0.4) is 0 Å². The van der Waals surface area contributed by atoms with Crippen LogP contribution in [-0.4, -0.2) is 30.9 Å². The summed E-state index contributed by atoms with van der Waals surface area (Å²) in [5, 5.41) is -0.618. The van der Waals surface area contributed by atoms with E-state index in [2.05, 4.69) is 19.1 Å². The number of rotatable bonds is 23. The van der Waals surface area contributed by atoms with E-state index in [4.69, 9.17) is 0 Å². The number of hydrogen-bond donors (Lipinski definition) is 0. The zero-order chi connectivity index (χ0) is 24.1. The fourth-order valence-corrected chi connectivity index (χ4v) is 5.90. The molecular formula is C28H57NO2P+. The van der Waals surface area contributed by atoms with E-state index >= 15 is 0 Å².